The Hall–Kier alpha value is -0.610. The molecule has 0 radical (unpaired) electrons. The molecule has 0 saturated heterocycles. The Morgan fingerprint density at radius 2 is 2.00 bits per heavy atom. The van der Waals surface area contributed by atoms with Gasteiger partial charge in [0, 0.05) is 12.6 Å². The Morgan fingerprint density at radius 3 is 2.53 bits per heavy atom. The highest BCUT2D eigenvalue weighted by atomic mass is 16.5. The first-order valence-corrected chi connectivity index (χ1v) is 6.58. The van der Waals surface area contributed by atoms with E-state index in [4.69, 9.17) is 9.47 Å². The van der Waals surface area contributed by atoms with Gasteiger partial charge in [-0.15, -0.1) is 0 Å². The lowest BCUT2D eigenvalue weighted by Gasteiger charge is -2.21. The lowest BCUT2D eigenvalue weighted by molar-refractivity contribution is -0.142. The van der Waals surface area contributed by atoms with Crippen LogP contribution >= 0.6 is 0 Å². The lowest BCUT2D eigenvalue weighted by atomic mass is 10.1. The van der Waals surface area contributed by atoms with Crippen LogP contribution in [0.25, 0.3) is 0 Å². The Bertz CT molecular complexity index is 195. The van der Waals surface area contributed by atoms with Crippen molar-refractivity contribution < 1.29 is 14.3 Å². The molecule has 0 rings (SSSR count). The van der Waals surface area contributed by atoms with Crippen LogP contribution in [-0.2, 0) is 14.3 Å². The molecule has 0 aromatic heterocycles. The SMILES string of the molecule is CCCCOC(=O)CNC(COCC)C(C)C. The molecule has 102 valence electrons. The van der Waals surface area contributed by atoms with Gasteiger partial charge in [0.05, 0.1) is 19.8 Å². The van der Waals surface area contributed by atoms with Crippen LogP contribution in [0.15, 0.2) is 0 Å². The number of rotatable bonds is 10. The van der Waals surface area contributed by atoms with Gasteiger partial charge in [-0.2, -0.15) is 0 Å². The van der Waals surface area contributed by atoms with E-state index in [1.807, 2.05) is 6.92 Å². The van der Waals surface area contributed by atoms with Crippen LogP contribution in [-0.4, -0.2) is 38.4 Å². The molecule has 0 aromatic rings. The van der Waals surface area contributed by atoms with Crippen molar-refractivity contribution in [2.24, 2.45) is 5.92 Å². The topological polar surface area (TPSA) is 47.6 Å². The van der Waals surface area contributed by atoms with E-state index in [1.165, 1.54) is 0 Å². The van der Waals surface area contributed by atoms with E-state index < -0.39 is 0 Å². The second-order valence-corrected chi connectivity index (χ2v) is 4.46. The van der Waals surface area contributed by atoms with Gasteiger partial charge >= 0.3 is 5.97 Å². The Balaban J connectivity index is 3.75. The normalized spacial score (nSPS) is 12.8. The third-order valence-corrected chi connectivity index (χ3v) is 2.58. The zero-order chi connectivity index (χ0) is 13.1. The molecular formula is C13H27NO3. The number of ether oxygens (including phenoxy) is 2. The Kier molecular flexibility index (Phi) is 10.2. The minimum absolute atomic E-state index is 0.180. The monoisotopic (exact) mass is 245 g/mol. The predicted molar refractivity (Wildman–Crippen MR) is 69.0 cm³/mol. The van der Waals surface area contributed by atoms with Crippen LogP contribution in [0.5, 0.6) is 0 Å². The van der Waals surface area contributed by atoms with E-state index in [0.29, 0.717) is 25.7 Å². The largest absolute Gasteiger partial charge is 0.465 e. The summed E-state index contributed by atoms with van der Waals surface area (Å²) < 4.78 is 10.4. The molecule has 0 heterocycles. The highest BCUT2D eigenvalue weighted by molar-refractivity contribution is 5.71. The lowest BCUT2D eigenvalue weighted by Crippen LogP contribution is -2.41. The van der Waals surface area contributed by atoms with E-state index >= 15 is 0 Å². The zero-order valence-electron chi connectivity index (χ0n) is 11.6. The summed E-state index contributed by atoms with van der Waals surface area (Å²) >= 11 is 0. The van der Waals surface area contributed by atoms with Crippen molar-refractivity contribution in [1.82, 2.24) is 5.32 Å². The molecule has 0 aromatic carbocycles. The molecule has 1 unspecified atom stereocenters. The summed E-state index contributed by atoms with van der Waals surface area (Å²) in [6, 6.07) is 0.202. The molecule has 4 heteroatoms. The highest BCUT2D eigenvalue weighted by Gasteiger charge is 2.14. The Morgan fingerprint density at radius 1 is 1.29 bits per heavy atom. The van der Waals surface area contributed by atoms with Crippen molar-refractivity contribution in [3.8, 4) is 0 Å². The molecule has 0 aliphatic rings. The number of hydrogen-bond donors (Lipinski definition) is 1. The molecule has 1 atom stereocenters. The summed E-state index contributed by atoms with van der Waals surface area (Å²) in [6.45, 7) is 10.4. The summed E-state index contributed by atoms with van der Waals surface area (Å²) in [6.07, 6.45) is 1.97. The summed E-state index contributed by atoms with van der Waals surface area (Å²) in [5.41, 5.74) is 0. The van der Waals surface area contributed by atoms with Crippen molar-refractivity contribution in [3.63, 3.8) is 0 Å². The summed E-state index contributed by atoms with van der Waals surface area (Å²) in [5.74, 6) is 0.255. The minimum atomic E-state index is -0.180. The fourth-order valence-electron chi connectivity index (χ4n) is 1.33. The van der Waals surface area contributed by atoms with Crippen molar-refractivity contribution in [2.45, 2.75) is 46.6 Å². The van der Waals surface area contributed by atoms with Gasteiger partial charge in [-0.3, -0.25) is 4.79 Å². The number of carbonyl (C=O) groups excluding carboxylic acids is 1. The van der Waals surface area contributed by atoms with Crippen LogP contribution in [0, 0.1) is 5.92 Å². The van der Waals surface area contributed by atoms with Crippen LogP contribution < -0.4 is 5.32 Å². The van der Waals surface area contributed by atoms with Gasteiger partial charge in [0.15, 0.2) is 0 Å². The van der Waals surface area contributed by atoms with Crippen molar-refractivity contribution in [3.05, 3.63) is 0 Å². The van der Waals surface area contributed by atoms with Crippen LogP contribution in [0.3, 0.4) is 0 Å². The zero-order valence-corrected chi connectivity index (χ0v) is 11.6. The first kappa shape index (κ1) is 16.4. The molecule has 1 N–H and O–H groups in total. The minimum Gasteiger partial charge on any atom is -0.465 e. The predicted octanol–water partition coefficient (Wildman–Crippen LogP) is 1.98. The van der Waals surface area contributed by atoms with Gasteiger partial charge in [0.25, 0.3) is 0 Å². The second-order valence-electron chi connectivity index (χ2n) is 4.46. The molecule has 4 nitrogen and oxygen atoms in total. The van der Waals surface area contributed by atoms with Gasteiger partial charge in [0.1, 0.15) is 0 Å². The number of carbonyl (C=O) groups is 1. The van der Waals surface area contributed by atoms with Gasteiger partial charge < -0.3 is 14.8 Å². The number of unbranched alkanes of at least 4 members (excludes halogenated alkanes) is 1. The third-order valence-electron chi connectivity index (χ3n) is 2.58. The summed E-state index contributed by atoms with van der Waals surface area (Å²) in [5, 5.41) is 3.18. The Labute approximate surface area is 105 Å². The van der Waals surface area contributed by atoms with E-state index in [2.05, 4.69) is 26.1 Å². The second kappa shape index (κ2) is 10.5. The standard InChI is InChI=1S/C13H27NO3/c1-5-7-8-17-13(15)9-14-12(11(3)4)10-16-6-2/h11-12,14H,5-10H2,1-4H3. The number of hydrogen-bond acceptors (Lipinski definition) is 4. The first-order chi connectivity index (χ1) is 8.11. The van der Waals surface area contributed by atoms with E-state index in [1.54, 1.807) is 0 Å². The number of nitrogens with one attached hydrogen (secondary N) is 1. The molecule has 0 aliphatic heterocycles. The maximum atomic E-state index is 11.4. The maximum Gasteiger partial charge on any atom is 0.319 e. The number of esters is 1. The van der Waals surface area contributed by atoms with Gasteiger partial charge in [0.2, 0.25) is 0 Å². The molecule has 0 aliphatic carbocycles. The molecule has 0 bridgehead atoms. The quantitative estimate of drug-likeness (QED) is 0.472. The summed E-state index contributed by atoms with van der Waals surface area (Å²) in [4.78, 5) is 11.4. The first-order valence-electron chi connectivity index (χ1n) is 6.58. The fourth-order valence-corrected chi connectivity index (χ4v) is 1.33. The highest BCUT2D eigenvalue weighted by Crippen LogP contribution is 2.02. The van der Waals surface area contributed by atoms with Gasteiger partial charge in [-0.05, 0) is 19.3 Å². The van der Waals surface area contributed by atoms with E-state index in [-0.39, 0.29) is 18.6 Å². The molecule has 0 spiro atoms. The van der Waals surface area contributed by atoms with Crippen molar-refractivity contribution >= 4 is 5.97 Å². The fraction of sp³-hybridized carbons (Fsp3) is 0.923. The maximum absolute atomic E-state index is 11.4. The molecule has 0 fully saturated rings. The molecule has 17 heavy (non-hydrogen) atoms. The van der Waals surface area contributed by atoms with Gasteiger partial charge in [-0.25, -0.2) is 0 Å². The summed E-state index contributed by atoms with van der Waals surface area (Å²) in [7, 11) is 0. The van der Waals surface area contributed by atoms with E-state index in [0.717, 1.165) is 12.8 Å². The molecule has 0 saturated carbocycles. The van der Waals surface area contributed by atoms with E-state index in [9.17, 15) is 4.79 Å². The van der Waals surface area contributed by atoms with Crippen LogP contribution in [0.4, 0.5) is 0 Å². The van der Waals surface area contributed by atoms with Crippen molar-refractivity contribution in [2.75, 3.05) is 26.4 Å². The average molecular weight is 245 g/mol. The van der Waals surface area contributed by atoms with Crippen LogP contribution in [0.1, 0.15) is 40.5 Å². The molecular weight excluding hydrogens is 218 g/mol. The average Bonchev–Trinajstić information content (AvgIpc) is 2.29. The van der Waals surface area contributed by atoms with Crippen LogP contribution in [0.2, 0.25) is 0 Å². The smallest absolute Gasteiger partial charge is 0.319 e. The van der Waals surface area contributed by atoms with Crippen molar-refractivity contribution in [1.29, 1.82) is 0 Å². The molecule has 0 amide bonds. The van der Waals surface area contributed by atoms with Gasteiger partial charge in [-0.1, -0.05) is 27.2 Å². The third kappa shape index (κ3) is 9.12.